The van der Waals surface area contributed by atoms with Gasteiger partial charge in [0, 0.05) is 46.0 Å². The molecule has 0 radical (unpaired) electrons. The van der Waals surface area contributed by atoms with Crippen LogP contribution in [-0.4, -0.2) is 69.8 Å². The van der Waals surface area contributed by atoms with Crippen molar-refractivity contribution >= 4 is 27.3 Å². The Hall–Kier alpha value is -2.49. The van der Waals surface area contributed by atoms with Crippen LogP contribution in [0.3, 0.4) is 0 Å². The van der Waals surface area contributed by atoms with Crippen molar-refractivity contribution in [2.24, 2.45) is 0 Å². The van der Waals surface area contributed by atoms with Crippen molar-refractivity contribution in [3.8, 4) is 0 Å². The molecule has 2 aromatic carbocycles. The molecular weight excluding hydrogens is 407 g/mol. The highest BCUT2D eigenvalue weighted by Gasteiger charge is 2.27. The number of hydrogen-bond donors (Lipinski definition) is 1. The lowest BCUT2D eigenvalue weighted by Gasteiger charge is -2.38. The number of carbonyl (C=O) groups is 1. The van der Waals surface area contributed by atoms with Gasteiger partial charge in [0.2, 0.25) is 15.9 Å². The molecule has 1 saturated heterocycles. The third-order valence-electron chi connectivity index (χ3n) is 5.31. The number of piperazine rings is 1. The Bertz CT molecular complexity index is 1000. The molecule has 7 nitrogen and oxygen atoms in total. The van der Waals surface area contributed by atoms with Gasteiger partial charge in [-0.1, -0.05) is 18.2 Å². The van der Waals surface area contributed by atoms with E-state index in [0.717, 1.165) is 4.31 Å². The summed E-state index contributed by atoms with van der Waals surface area (Å²) in [7, 11) is -0.653. The Morgan fingerprint density at radius 3 is 2.37 bits per heavy atom. The topological polar surface area (TPSA) is 73.0 Å². The molecule has 0 aromatic heterocycles. The molecule has 1 atom stereocenters. The molecular formula is C21H27FN4O3S. The SMILES string of the molecule is CC(C(=O)Nc1cccc(S(=O)(=O)N(C)C)c1)N1CCN(c2ccccc2F)CC1. The van der Waals surface area contributed by atoms with Gasteiger partial charge in [-0.05, 0) is 37.3 Å². The van der Waals surface area contributed by atoms with Crippen molar-refractivity contribution in [3.63, 3.8) is 0 Å². The first-order valence-corrected chi connectivity index (χ1v) is 11.2. The van der Waals surface area contributed by atoms with E-state index in [0.29, 0.717) is 37.6 Å². The van der Waals surface area contributed by atoms with Gasteiger partial charge in [0.05, 0.1) is 16.6 Å². The first kappa shape index (κ1) is 22.2. The maximum Gasteiger partial charge on any atom is 0.242 e. The van der Waals surface area contributed by atoms with E-state index in [2.05, 4.69) is 5.32 Å². The number of nitrogens with one attached hydrogen (secondary N) is 1. The van der Waals surface area contributed by atoms with Crippen molar-refractivity contribution in [2.75, 3.05) is 50.5 Å². The Morgan fingerprint density at radius 1 is 1.07 bits per heavy atom. The number of amides is 1. The van der Waals surface area contributed by atoms with Gasteiger partial charge >= 0.3 is 0 Å². The van der Waals surface area contributed by atoms with Crippen molar-refractivity contribution in [2.45, 2.75) is 17.9 Å². The van der Waals surface area contributed by atoms with E-state index < -0.39 is 16.1 Å². The van der Waals surface area contributed by atoms with Crippen molar-refractivity contribution in [1.29, 1.82) is 0 Å². The third-order valence-corrected chi connectivity index (χ3v) is 7.13. The number of sulfonamides is 1. The van der Waals surface area contributed by atoms with E-state index in [-0.39, 0.29) is 16.6 Å². The van der Waals surface area contributed by atoms with E-state index in [1.807, 2.05) is 22.8 Å². The molecule has 0 saturated carbocycles. The van der Waals surface area contributed by atoms with E-state index in [1.165, 1.54) is 32.3 Å². The minimum Gasteiger partial charge on any atom is -0.367 e. The fourth-order valence-corrected chi connectivity index (χ4v) is 4.36. The zero-order chi connectivity index (χ0) is 21.9. The summed E-state index contributed by atoms with van der Waals surface area (Å²) in [5.74, 6) is -0.460. The highest BCUT2D eigenvalue weighted by molar-refractivity contribution is 7.89. The summed E-state index contributed by atoms with van der Waals surface area (Å²) in [6.45, 7) is 4.30. The van der Waals surface area contributed by atoms with Crippen LogP contribution in [0.5, 0.6) is 0 Å². The standard InChI is InChI=1S/C21H27FN4O3S/c1-16(25-11-13-26(14-12-25)20-10-5-4-9-19(20)22)21(27)23-17-7-6-8-18(15-17)30(28,29)24(2)3/h4-10,15-16H,11-14H2,1-3H3,(H,23,27). The number of hydrogen-bond acceptors (Lipinski definition) is 5. The number of nitrogens with zero attached hydrogens (tertiary/aromatic N) is 3. The minimum absolute atomic E-state index is 0.122. The second-order valence-electron chi connectivity index (χ2n) is 7.45. The van der Waals surface area contributed by atoms with Crippen molar-refractivity contribution in [3.05, 3.63) is 54.3 Å². The summed E-state index contributed by atoms with van der Waals surface area (Å²) < 4.78 is 39.7. The number of benzene rings is 2. The van der Waals surface area contributed by atoms with Gasteiger partial charge in [0.15, 0.2) is 0 Å². The fourth-order valence-electron chi connectivity index (χ4n) is 3.42. The van der Waals surface area contributed by atoms with E-state index >= 15 is 0 Å². The molecule has 1 amide bonds. The summed E-state index contributed by atoms with van der Waals surface area (Å²) in [5.41, 5.74) is 1.01. The average molecular weight is 435 g/mol. The molecule has 1 fully saturated rings. The predicted molar refractivity (Wildman–Crippen MR) is 116 cm³/mol. The van der Waals surface area contributed by atoms with Crippen LogP contribution in [0.25, 0.3) is 0 Å². The molecule has 1 N–H and O–H groups in total. The summed E-state index contributed by atoms with van der Waals surface area (Å²) in [6.07, 6.45) is 0. The molecule has 30 heavy (non-hydrogen) atoms. The molecule has 3 rings (SSSR count). The van der Waals surface area contributed by atoms with Crippen LogP contribution < -0.4 is 10.2 Å². The molecule has 1 heterocycles. The molecule has 1 aliphatic heterocycles. The Kier molecular flexibility index (Phi) is 6.74. The van der Waals surface area contributed by atoms with Gasteiger partial charge in [-0.15, -0.1) is 0 Å². The maximum atomic E-state index is 14.0. The second-order valence-corrected chi connectivity index (χ2v) is 9.61. The summed E-state index contributed by atoms with van der Waals surface area (Å²) in [4.78, 5) is 16.9. The minimum atomic E-state index is -3.58. The van der Waals surface area contributed by atoms with Gasteiger partial charge in [-0.2, -0.15) is 0 Å². The molecule has 0 aliphatic carbocycles. The van der Waals surface area contributed by atoms with Gasteiger partial charge < -0.3 is 10.2 Å². The highest BCUT2D eigenvalue weighted by Crippen LogP contribution is 2.22. The van der Waals surface area contributed by atoms with Crippen LogP contribution in [0.2, 0.25) is 0 Å². The fraction of sp³-hybridized carbons (Fsp3) is 0.381. The van der Waals surface area contributed by atoms with Gasteiger partial charge in [-0.3, -0.25) is 9.69 Å². The van der Waals surface area contributed by atoms with Crippen LogP contribution in [0.4, 0.5) is 15.8 Å². The van der Waals surface area contributed by atoms with Gasteiger partial charge in [0.1, 0.15) is 5.82 Å². The van der Waals surface area contributed by atoms with Crippen LogP contribution >= 0.6 is 0 Å². The molecule has 1 unspecified atom stereocenters. The monoisotopic (exact) mass is 434 g/mol. The summed E-state index contributed by atoms with van der Waals surface area (Å²) >= 11 is 0. The highest BCUT2D eigenvalue weighted by atomic mass is 32.2. The van der Waals surface area contributed by atoms with Crippen LogP contribution in [0.1, 0.15) is 6.92 Å². The van der Waals surface area contributed by atoms with Crippen molar-refractivity contribution in [1.82, 2.24) is 9.21 Å². The molecule has 2 aromatic rings. The number of halogens is 1. The van der Waals surface area contributed by atoms with Gasteiger partial charge in [0.25, 0.3) is 0 Å². The lowest BCUT2D eigenvalue weighted by Crippen LogP contribution is -2.53. The average Bonchev–Trinajstić information content (AvgIpc) is 2.74. The number of carbonyl (C=O) groups excluding carboxylic acids is 1. The second kappa shape index (κ2) is 9.11. The Balaban J connectivity index is 1.61. The Labute approximate surface area is 177 Å². The van der Waals surface area contributed by atoms with E-state index in [1.54, 1.807) is 24.3 Å². The first-order chi connectivity index (χ1) is 14.2. The zero-order valence-electron chi connectivity index (χ0n) is 17.4. The molecule has 1 aliphatic rings. The Morgan fingerprint density at radius 2 is 1.73 bits per heavy atom. The smallest absolute Gasteiger partial charge is 0.242 e. The number of rotatable bonds is 6. The largest absolute Gasteiger partial charge is 0.367 e. The zero-order valence-corrected chi connectivity index (χ0v) is 18.2. The molecule has 9 heteroatoms. The van der Waals surface area contributed by atoms with Crippen LogP contribution in [0.15, 0.2) is 53.4 Å². The lowest BCUT2D eigenvalue weighted by atomic mass is 10.2. The number of anilines is 2. The quantitative estimate of drug-likeness (QED) is 0.755. The van der Waals surface area contributed by atoms with Crippen molar-refractivity contribution < 1.29 is 17.6 Å². The predicted octanol–water partition coefficient (Wildman–Crippen LogP) is 2.23. The number of para-hydroxylation sites is 1. The normalized spacial score (nSPS) is 16.5. The maximum absolute atomic E-state index is 14.0. The van der Waals surface area contributed by atoms with E-state index in [4.69, 9.17) is 0 Å². The molecule has 162 valence electrons. The lowest BCUT2D eigenvalue weighted by molar-refractivity contribution is -0.120. The molecule has 0 bridgehead atoms. The third kappa shape index (κ3) is 4.80. The van der Waals surface area contributed by atoms with Crippen LogP contribution in [-0.2, 0) is 14.8 Å². The first-order valence-electron chi connectivity index (χ1n) is 9.77. The molecule has 0 spiro atoms. The van der Waals surface area contributed by atoms with Crippen LogP contribution in [0, 0.1) is 5.82 Å². The summed E-state index contributed by atoms with van der Waals surface area (Å²) in [6, 6.07) is 12.5. The summed E-state index contributed by atoms with van der Waals surface area (Å²) in [5, 5.41) is 2.81. The van der Waals surface area contributed by atoms with E-state index in [9.17, 15) is 17.6 Å². The van der Waals surface area contributed by atoms with Gasteiger partial charge in [-0.25, -0.2) is 17.1 Å².